The molecule has 1 amide bonds. The first kappa shape index (κ1) is 16.9. The number of H-pyrrole nitrogens is 1. The Balaban J connectivity index is 2.09. The number of aromatic amines is 1. The molecule has 1 aromatic carbocycles. The highest BCUT2D eigenvalue weighted by atomic mass is 16.6. The van der Waals surface area contributed by atoms with Gasteiger partial charge in [0, 0.05) is 23.5 Å². The number of para-hydroxylation sites is 1. The van der Waals surface area contributed by atoms with E-state index in [0.29, 0.717) is 13.0 Å². The summed E-state index contributed by atoms with van der Waals surface area (Å²) < 4.78 is 9.85. The van der Waals surface area contributed by atoms with E-state index in [-0.39, 0.29) is 5.92 Å². The molecule has 6 heteroatoms. The molecule has 1 heterocycles. The van der Waals surface area contributed by atoms with Gasteiger partial charge in [-0.1, -0.05) is 32.0 Å². The van der Waals surface area contributed by atoms with E-state index in [0.717, 1.165) is 16.5 Å². The van der Waals surface area contributed by atoms with Crippen molar-refractivity contribution in [2.24, 2.45) is 5.92 Å². The first-order chi connectivity index (χ1) is 11.0. The number of esters is 1. The minimum absolute atomic E-state index is 0.228. The number of benzene rings is 1. The van der Waals surface area contributed by atoms with E-state index in [1.165, 1.54) is 7.11 Å². The molecule has 1 unspecified atom stereocenters. The number of ether oxygens (including phenoxy) is 2. The molecule has 0 aliphatic rings. The molecule has 2 aromatic rings. The van der Waals surface area contributed by atoms with Crippen molar-refractivity contribution < 1.29 is 19.1 Å². The molecule has 0 radical (unpaired) electrons. The van der Waals surface area contributed by atoms with Crippen molar-refractivity contribution in [3.05, 3.63) is 36.0 Å². The lowest BCUT2D eigenvalue weighted by Crippen LogP contribution is -2.43. The van der Waals surface area contributed by atoms with E-state index in [1.807, 2.05) is 44.3 Å². The van der Waals surface area contributed by atoms with Gasteiger partial charge < -0.3 is 19.8 Å². The lowest BCUT2D eigenvalue weighted by Gasteiger charge is -2.16. The number of alkyl carbamates (subject to hydrolysis) is 1. The quantitative estimate of drug-likeness (QED) is 0.802. The maximum atomic E-state index is 11.9. The van der Waals surface area contributed by atoms with Crippen LogP contribution in [0.25, 0.3) is 10.9 Å². The van der Waals surface area contributed by atoms with Crippen LogP contribution in [-0.2, 0) is 20.7 Å². The molecule has 124 valence electrons. The van der Waals surface area contributed by atoms with Gasteiger partial charge in [0.15, 0.2) is 0 Å². The molecule has 0 aliphatic carbocycles. The Morgan fingerprint density at radius 2 is 2.00 bits per heavy atom. The largest absolute Gasteiger partial charge is 0.467 e. The third kappa shape index (κ3) is 4.48. The van der Waals surface area contributed by atoms with Crippen LogP contribution in [0.1, 0.15) is 19.4 Å². The Hall–Kier alpha value is -2.50. The highest BCUT2D eigenvalue weighted by Gasteiger charge is 2.24. The van der Waals surface area contributed by atoms with Crippen LogP contribution < -0.4 is 5.32 Å². The van der Waals surface area contributed by atoms with Crippen LogP contribution in [0, 0.1) is 5.92 Å². The van der Waals surface area contributed by atoms with Gasteiger partial charge >= 0.3 is 12.1 Å². The van der Waals surface area contributed by atoms with Crippen LogP contribution in [0.5, 0.6) is 0 Å². The second kappa shape index (κ2) is 7.67. The zero-order valence-electron chi connectivity index (χ0n) is 13.6. The Morgan fingerprint density at radius 3 is 2.70 bits per heavy atom. The van der Waals surface area contributed by atoms with Crippen LogP contribution in [0.15, 0.2) is 30.5 Å². The molecular formula is C17H22N2O4. The molecule has 6 nitrogen and oxygen atoms in total. The summed E-state index contributed by atoms with van der Waals surface area (Å²) in [5, 5.41) is 3.59. The molecule has 0 bridgehead atoms. The summed E-state index contributed by atoms with van der Waals surface area (Å²) in [5.41, 5.74) is 1.91. The van der Waals surface area contributed by atoms with Crippen molar-refractivity contribution in [3.8, 4) is 0 Å². The van der Waals surface area contributed by atoms with E-state index in [2.05, 4.69) is 10.3 Å². The smallest absolute Gasteiger partial charge is 0.407 e. The fourth-order valence-corrected chi connectivity index (χ4v) is 2.28. The van der Waals surface area contributed by atoms with Crippen molar-refractivity contribution in [1.29, 1.82) is 0 Å². The number of hydrogen-bond donors (Lipinski definition) is 2. The second-order valence-electron chi connectivity index (χ2n) is 5.78. The molecule has 23 heavy (non-hydrogen) atoms. The number of methoxy groups -OCH3 is 1. The molecule has 0 saturated carbocycles. The maximum Gasteiger partial charge on any atom is 0.407 e. The monoisotopic (exact) mass is 318 g/mol. The Morgan fingerprint density at radius 1 is 1.26 bits per heavy atom. The second-order valence-corrected chi connectivity index (χ2v) is 5.78. The number of aromatic nitrogens is 1. The molecule has 2 rings (SSSR count). The van der Waals surface area contributed by atoms with E-state index in [1.54, 1.807) is 0 Å². The predicted molar refractivity (Wildman–Crippen MR) is 87.1 cm³/mol. The number of amides is 1. The summed E-state index contributed by atoms with van der Waals surface area (Å²) in [7, 11) is 1.30. The molecule has 2 N–H and O–H groups in total. The van der Waals surface area contributed by atoms with Gasteiger partial charge in [-0.15, -0.1) is 0 Å². The lowest BCUT2D eigenvalue weighted by atomic mass is 10.1. The number of carbonyl (C=O) groups is 2. The van der Waals surface area contributed by atoms with Crippen LogP contribution in [0.4, 0.5) is 4.79 Å². The van der Waals surface area contributed by atoms with Crippen LogP contribution in [0.2, 0.25) is 0 Å². The predicted octanol–water partition coefficient (Wildman–Crippen LogP) is 2.63. The van der Waals surface area contributed by atoms with Gasteiger partial charge in [-0.05, 0) is 17.5 Å². The summed E-state index contributed by atoms with van der Waals surface area (Å²) in [6.45, 7) is 4.18. The number of fused-ring (bicyclic) bond motifs is 1. The average molecular weight is 318 g/mol. The standard InChI is InChI=1S/C17H22N2O4/c1-11(2)10-23-17(21)19-15(16(20)22-3)8-12-9-18-14-7-5-4-6-13(12)14/h4-7,9,11,15,18H,8,10H2,1-3H3,(H,19,21). The van der Waals surface area contributed by atoms with Crippen molar-refractivity contribution in [1.82, 2.24) is 10.3 Å². The van der Waals surface area contributed by atoms with E-state index in [9.17, 15) is 9.59 Å². The third-order valence-corrected chi connectivity index (χ3v) is 3.42. The summed E-state index contributed by atoms with van der Waals surface area (Å²) in [6.07, 6.45) is 1.55. The highest BCUT2D eigenvalue weighted by molar-refractivity contribution is 5.86. The van der Waals surface area contributed by atoms with Crippen molar-refractivity contribution >= 4 is 23.0 Å². The average Bonchev–Trinajstić information content (AvgIpc) is 2.95. The van der Waals surface area contributed by atoms with Crippen LogP contribution >= 0.6 is 0 Å². The number of hydrogen-bond acceptors (Lipinski definition) is 4. The van der Waals surface area contributed by atoms with Gasteiger partial charge in [0.25, 0.3) is 0 Å². The normalized spacial score (nSPS) is 12.2. The maximum absolute atomic E-state index is 11.9. The van der Waals surface area contributed by atoms with Crippen molar-refractivity contribution in [2.45, 2.75) is 26.3 Å². The molecule has 1 atom stereocenters. The minimum Gasteiger partial charge on any atom is -0.467 e. The summed E-state index contributed by atoms with van der Waals surface area (Å²) in [6, 6.07) is 6.99. The number of nitrogens with one attached hydrogen (secondary N) is 2. The zero-order chi connectivity index (χ0) is 16.8. The molecule has 1 aromatic heterocycles. The number of carbonyl (C=O) groups excluding carboxylic acids is 2. The fourth-order valence-electron chi connectivity index (χ4n) is 2.28. The highest BCUT2D eigenvalue weighted by Crippen LogP contribution is 2.19. The van der Waals surface area contributed by atoms with Crippen molar-refractivity contribution in [3.63, 3.8) is 0 Å². The topological polar surface area (TPSA) is 80.4 Å². The molecule has 0 fully saturated rings. The summed E-state index contributed by atoms with van der Waals surface area (Å²) >= 11 is 0. The third-order valence-electron chi connectivity index (χ3n) is 3.42. The lowest BCUT2D eigenvalue weighted by molar-refractivity contribution is -0.142. The van der Waals surface area contributed by atoms with Gasteiger partial charge in [0.1, 0.15) is 6.04 Å². The van der Waals surface area contributed by atoms with Gasteiger partial charge in [-0.2, -0.15) is 0 Å². The molecule has 0 aliphatic heterocycles. The summed E-state index contributed by atoms with van der Waals surface area (Å²) in [5.74, 6) is -0.275. The first-order valence-corrected chi connectivity index (χ1v) is 7.57. The van der Waals surface area contributed by atoms with E-state index in [4.69, 9.17) is 9.47 Å². The first-order valence-electron chi connectivity index (χ1n) is 7.57. The van der Waals surface area contributed by atoms with Gasteiger partial charge in [-0.25, -0.2) is 9.59 Å². The number of rotatable bonds is 6. The molecule has 0 spiro atoms. The zero-order valence-corrected chi connectivity index (χ0v) is 13.6. The van der Waals surface area contributed by atoms with Gasteiger partial charge in [0.2, 0.25) is 0 Å². The Labute approximate surface area is 135 Å². The Kier molecular flexibility index (Phi) is 5.62. The van der Waals surface area contributed by atoms with Crippen molar-refractivity contribution in [2.75, 3.05) is 13.7 Å². The fraction of sp³-hybridized carbons (Fsp3) is 0.412. The van der Waals surface area contributed by atoms with E-state index >= 15 is 0 Å². The molecule has 0 saturated heterocycles. The van der Waals surface area contributed by atoms with Crippen LogP contribution in [-0.4, -0.2) is 36.8 Å². The van der Waals surface area contributed by atoms with Gasteiger partial charge in [0.05, 0.1) is 13.7 Å². The summed E-state index contributed by atoms with van der Waals surface area (Å²) in [4.78, 5) is 26.9. The van der Waals surface area contributed by atoms with Gasteiger partial charge in [-0.3, -0.25) is 0 Å². The molecular weight excluding hydrogens is 296 g/mol. The Bertz CT molecular complexity index is 678. The SMILES string of the molecule is COC(=O)C(Cc1c[nH]c2ccccc12)NC(=O)OCC(C)C. The van der Waals surface area contributed by atoms with E-state index < -0.39 is 18.1 Å². The van der Waals surface area contributed by atoms with Crippen LogP contribution in [0.3, 0.4) is 0 Å². The minimum atomic E-state index is -0.793.